The highest BCUT2D eigenvalue weighted by Crippen LogP contribution is 2.19. The summed E-state index contributed by atoms with van der Waals surface area (Å²) in [6.07, 6.45) is 7.55. The van der Waals surface area contributed by atoms with Crippen molar-refractivity contribution in [1.29, 1.82) is 0 Å². The zero-order chi connectivity index (χ0) is 11.9. The van der Waals surface area contributed by atoms with Crippen LogP contribution in [0.4, 0.5) is 0 Å². The standard InChI is InChI=1S/C13H22N2O2/c16-13(9-12-10-14-7-8-17-12)15-6-5-11-3-1-2-4-11/h3,12,14H,1-2,4-10H2,(H,15,16). The fourth-order valence-electron chi connectivity index (χ4n) is 2.36. The molecule has 0 aromatic heterocycles. The van der Waals surface area contributed by atoms with Crippen molar-refractivity contribution in [1.82, 2.24) is 10.6 Å². The number of allylic oxidation sites excluding steroid dienone is 1. The summed E-state index contributed by atoms with van der Waals surface area (Å²) in [5.74, 6) is 0.109. The molecule has 0 saturated carbocycles. The van der Waals surface area contributed by atoms with E-state index in [9.17, 15) is 4.79 Å². The summed E-state index contributed by atoms with van der Waals surface area (Å²) in [7, 11) is 0. The highest BCUT2D eigenvalue weighted by atomic mass is 16.5. The summed E-state index contributed by atoms with van der Waals surface area (Å²) < 4.78 is 5.49. The van der Waals surface area contributed by atoms with Gasteiger partial charge in [0.15, 0.2) is 0 Å². The molecule has 17 heavy (non-hydrogen) atoms. The number of hydrogen-bond acceptors (Lipinski definition) is 3. The Labute approximate surface area is 103 Å². The first-order valence-electron chi connectivity index (χ1n) is 6.61. The van der Waals surface area contributed by atoms with E-state index in [2.05, 4.69) is 16.7 Å². The molecule has 0 aromatic rings. The Bertz CT molecular complexity index is 283. The third-order valence-electron chi connectivity index (χ3n) is 3.32. The van der Waals surface area contributed by atoms with Gasteiger partial charge in [0.2, 0.25) is 5.91 Å². The fraction of sp³-hybridized carbons (Fsp3) is 0.769. The van der Waals surface area contributed by atoms with E-state index in [4.69, 9.17) is 4.74 Å². The average Bonchev–Trinajstić information content (AvgIpc) is 2.83. The lowest BCUT2D eigenvalue weighted by Gasteiger charge is -2.23. The zero-order valence-electron chi connectivity index (χ0n) is 10.3. The van der Waals surface area contributed by atoms with E-state index in [1.165, 1.54) is 24.8 Å². The number of nitrogens with one attached hydrogen (secondary N) is 2. The third kappa shape index (κ3) is 4.48. The van der Waals surface area contributed by atoms with Crippen molar-refractivity contribution in [2.75, 3.05) is 26.2 Å². The van der Waals surface area contributed by atoms with Crippen LogP contribution in [0.3, 0.4) is 0 Å². The van der Waals surface area contributed by atoms with Gasteiger partial charge in [-0.25, -0.2) is 0 Å². The Hall–Kier alpha value is -0.870. The van der Waals surface area contributed by atoms with Gasteiger partial charge in [-0.2, -0.15) is 0 Å². The first-order valence-corrected chi connectivity index (χ1v) is 6.61. The van der Waals surface area contributed by atoms with Crippen molar-refractivity contribution >= 4 is 5.91 Å². The van der Waals surface area contributed by atoms with E-state index in [1.807, 2.05) is 0 Å². The summed E-state index contributed by atoms with van der Waals surface area (Å²) in [5, 5.41) is 6.20. The predicted octanol–water partition coefficient (Wildman–Crippen LogP) is 0.981. The van der Waals surface area contributed by atoms with Crippen LogP contribution in [-0.2, 0) is 9.53 Å². The van der Waals surface area contributed by atoms with Gasteiger partial charge in [0.1, 0.15) is 0 Å². The molecule has 2 N–H and O–H groups in total. The van der Waals surface area contributed by atoms with Crippen molar-refractivity contribution in [2.45, 2.75) is 38.2 Å². The summed E-state index contributed by atoms with van der Waals surface area (Å²) in [4.78, 5) is 11.6. The van der Waals surface area contributed by atoms with Crippen molar-refractivity contribution < 1.29 is 9.53 Å². The van der Waals surface area contributed by atoms with Crippen LogP contribution in [0.15, 0.2) is 11.6 Å². The van der Waals surface area contributed by atoms with Crippen molar-refractivity contribution in [2.24, 2.45) is 0 Å². The molecular formula is C13H22N2O2. The molecule has 1 aliphatic heterocycles. The lowest BCUT2D eigenvalue weighted by Crippen LogP contribution is -2.41. The molecule has 1 amide bonds. The number of rotatable bonds is 5. The highest BCUT2D eigenvalue weighted by molar-refractivity contribution is 5.76. The molecule has 2 rings (SSSR count). The van der Waals surface area contributed by atoms with Gasteiger partial charge in [0.05, 0.1) is 19.1 Å². The van der Waals surface area contributed by atoms with Gasteiger partial charge in [-0.05, 0) is 25.7 Å². The Kier molecular flexibility index (Phi) is 5.01. The number of ether oxygens (including phenoxy) is 1. The van der Waals surface area contributed by atoms with Crippen LogP contribution in [0.5, 0.6) is 0 Å². The predicted molar refractivity (Wildman–Crippen MR) is 66.8 cm³/mol. The molecule has 1 fully saturated rings. The van der Waals surface area contributed by atoms with Gasteiger partial charge in [-0.15, -0.1) is 0 Å². The van der Waals surface area contributed by atoms with Gasteiger partial charge in [0, 0.05) is 19.6 Å². The minimum Gasteiger partial charge on any atom is -0.375 e. The molecule has 0 aromatic carbocycles. The van der Waals surface area contributed by atoms with Crippen molar-refractivity contribution in [3.8, 4) is 0 Å². The minimum atomic E-state index is 0.0504. The SMILES string of the molecule is O=C(CC1CNCCO1)NCCC1=CCCC1. The molecule has 0 radical (unpaired) electrons. The van der Waals surface area contributed by atoms with E-state index >= 15 is 0 Å². The first kappa shape index (κ1) is 12.6. The van der Waals surface area contributed by atoms with Crippen LogP contribution in [-0.4, -0.2) is 38.3 Å². The van der Waals surface area contributed by atoms with E-state index in [1.54, 1.807) is 0 Å². The topological polar surface area (TPSA) is 50.4 Å². The molecule has 0 bridgehead atoms. The van der Waals surface area contributed by atoms with Gasteiger partial charge >= 0.3 is 0 Å². The van der Waals surface area contributed by atoms with Gasteiger partial charge < -0.3 is 15.4 Å². The Morgan fingerprint density at radius 3 is 3.24 bits per heavy atom. The normalized spacial score (nSPS) is 24.5. The zero-order valence-corrected chi connectivity index (χ0v) is 10.3. The molecule has 2 aliphatic rings. The second kappa shape index (κ2) is 6.77. The van der Waals surface area contributed by atoms with Gasteiger partial charge in [0.25, 0.3) is 0 Å². The molecule has 1 atom stereocenters. The van der Waals surface area contributed by atoms with E-state index in [0.29, 0.717) is 13.0 Å². The quantitative estimate of drug-likeness (QED) is 0.702. The lowest BCUT2D eigenvalue weighted by molar-refractivity contribution is -0.124. The molecule has 1 unspecified atom stereocenters. The number of amides is 1. The number of carbonyl (C=O) groups excluding carboxylic acids is 1. The van der Waals surface area contributed by atoms with E-state index in [0.717, 1.165) is 26.1 Å². The summed E-state index contributed by atoms with van der Waals surface area (Å²) in [6, 6.07) is 0. The van der Waals surface area contributed by atoms with E-state index < -0.39 is 0 Å². The maximum atomic E-state index is 11.6. The van der Waals surface area contributed by atoms with E-state index in [-0.39, 0.29) is 12.0 Å². The van der Waals surface area contributed by atoms with Crippen LogP contribution in [0, 0.1) is 0 Å². The first-order chi connectivity index (χ1) is 8.34. The largest absolute Gasteiger partial charge is 0.375 e. The summed E-state index contributed by atoms with van der Waals surface area (Å²) >= 11 is 0. The number of morpholine rings is 1. The molecule has 4 nitrogen and oxygen atoms in total. The minimum absolute atomic E-state index is 0.0504. The molecular weight excluding hydrogens is 216 g/mol. The van der Waals surface area contributed by atoms with Crippen LogP contribution in [0.1, 0.15) is 32.1 Å². The Morgan fingerprint density at radius 1 is 1.59 bits per heavy atom. The third-order valence-corrected chi connectivity index (χ3v) is 3.32. The number of hydrogen-bond donors (Lipinski definition) is 2. The second-order valence-electron chi connectivity index (χ2n) is 4.76. The maximum absolute atomic E-state index is 11.6. The molecule has 4 heteroatoms. The average molecular weight is 238 g/mol. The number of carbonyl (C=O) groups is 1. The maximum Gasteiger partial charge on any atom is 0.222 e. The van der Waals surface area contributed by atoms with Crippen LogP contribution in [0.25, 0.3) is 0 Å². The van der Waals surface area contributed by atoms with Gasteiger partial charge in [-0.3, -0.25) is 4.79 Å². The molecule has 1 saturated heterocycles. The van der Waals surface area contributed by atoms with Gasteiger partial charge in [-0.1, -0.05) is 11.6 Å². The Balaban J connectivity index is 1.56. The fourth-order valence-corrected chi connectivity index (χ4v) is 2.36. The van der Waals surface area contributed by atoms with Crippen LogP contribution in [0.2, 0.25) is 0 Å². The highest BCUT2D eigenvalue weighted by Gasteiger charge is 2.16. The molecule has 1 heterocycles. The monoisotopic (exact) mass is 238 g/mol. The summed E-state index contributed by atoms with van der Waals surface area (Å²) in [6.45, 7) is 3.17. The second-order valence-corrected chi connectivity index (χ2v) is 4.76. The molecule has 96 valence electrons. The molecule has 1 aliphatic carbocycles. The van der Waals surface area contributed by atoms with Crippen molar-refractivity contribution in [3.05, 3.63) is 11.6 Å². The van der Waals surface area contributed by atoms with Crippen LogP contribution < -0.4 is 10.6 Å². The van der Waals surface area contributed by atoms with Crippen molar-refractivity contribution in [3.63, 3.8) is 0 Å². The lowest BCUT2D eigenvalue weighted by atomic mass is 10.1. The smallest absolute Gasteiger partial charge is 0.222 e. The Morgan fingerprint density at radius 2 is 2.53 bits per heavy atom. The summed E-state index contributed by atoms with van der Waals surface area (Å²) in [5.41, 5.74) is 1.50. The molecule has 0 spiro atoms. The van der Waals surface area contributed by atoms with Crippen LogP contribution >= 0.6 is 0 Å².